The van der Waals surface area contributed by atoms with Crippen LogP contribution >= 0.6 is 0 Å². The highest BCUT2D eigenvalue weighted by atomic mass is 16.5. The maximum absolute atomic E-state index is 13.0. The third kappa shape index (κ3) is 5.02. The number of morpholine rings is 1. The minimum Gasteiger partial charge on any atom is -0.379 e. The second kappa shape index (κ2) is 9.77. The molecule has 5 heterocycles. The van der Waals surface area contributed by atoms with E-state index in [1.807, 2.05) is 11.0 Å². The van der Waals surface area contributed by atoms with Crippen molar-refractivity contribution in [3.8, 4) is 0 Å². The number of amides is 1. The first-order valence-corrected chi connectivity index (χ1v) is 12.2. The molecule has 1 amide bonds. The monoisotopic (exact) mass is 447 g/mol. The van der Waals surface area contributed by atoms with Crippen LogP contribution in [-0.4, -0.2) is 122 Å². The molecule has 1 atom stereocenters. The first kappa shape index (κ1) is 22.3. The van der Waals surface area contributed by atoms with Gasteiger partial charge >= 0.3 is 0 Å². The molecule has 0 aromatic carbocycles. The van der Waals surface area contributed by atoms with Crippen LogP contribution in [0.15, 0.2) is 10.6 Å². The number of carbonyl (C=O) groups is 1. The summed E-state index contributed by atoms with van der Waals surface area (Å²) in [6.07, 6.45) is 4.02. The number of likely N-dealkylation sites (N-methyl/N-ethyl adjacent to an activating group) is 1. The Hall–Kier alpha value is -1.52. The first-order chi connectivity index (χ1) is 15.6. The molecule has 1 aromatic heterocycles. The van der Waals surface area contributed by atoms with Crippen LogP contribution in [0, 0.1) is 0 Å². The number of rotatable bonds is 4. The zero-order valence-electron chi connectivity index (χ0n) is 19.3. The van der Waals surface area contributed by atoms with E-state index in [1.165, 1.54) is 0 Å². The number of piperidine rings is 1. The predicted molar refractivity (Wildman–Crippen MR) is 119 cm³/mol. The number of piperazine rings is 1. The van der Waals surface area contributed by atoms with Crippen molar-refractivity contribution in [3.63, 3.8) is 0 Å². The molecule has 0 bridgehead atoms. The predicted octanol–water partition coefficient (Wildman–Crippen LogP) is 0.908. The molecule has 1 spiro atoms. The van der Waals surface area contributed by atoms with Gasteiger partial charge in [-0.25, -0.2) is 0 Å². The molecule has 9 heteroatoms. The van der Waals surface area contributed by atoms with Gasteiger partial charge in [0, 0.05) is 71.1 Å². The van der Waals surface area contributed by atoms with E-state index in [1.54, 1.807) is 0 Å². The van der Waals surface area contributed by atoms with Crippen molar-refractivity contribution in [2.24, 2.45) is 0 Å². The number of nitrogens with zero attached hydrogens (tertiary/aromatic N) is 5. The molecule has 0 N–H and O–H groups in total. The molecule has 1 aromatic rings. The average molecular weight is 448 g/mol. The van der Waals surface area contributed by atoms with E-state index in [0.29, 0.717) is 18.3 Å². The Morgan fingerprint density at radius 1 is 1.06 bits per heavy atom. The molecule has 178 valence electrons. The summed E-state index contributed by atoms with van der Waals surface area (Å²) in [6, 6.07) is 2.42. The van der Waals surface area contributed by atoms with E-state index in [2.05, 4.69) is 26.9 Å². The average Bonchev–Trinajstić information content (AvgIpc) is 3.29. The maximum Gasteiger partial charge on any atom is 0.276 e. The number of hydrogen-bond acceptors (Lipinski definition) is 8. The zero-order valence-corrected chi connectivity index (χ0v) is 19.3. The fraction of sp³-hybridized carbons (Fsp3) is 0.826. The summed E-state index contributed by atoms with van der Waals surface area (Å²) >= 11 is 0. The Kier molecular flexibility index (Phi) is 6.80. The van der Waals surface area contributed by atoms with Crippen LogP contribution in [0.1, 0.15) is 41.9 Å². The van der Waals surface area contributed by atoms with Crippen molar-refractivity contribution < 1.29 is 18.8 Å². The van der Waals surface area contributed by atoms with E-state index in [4.69, 9.17) is 14.0 Å². The smallest absolute Gasteiger partial charge is 0.276 e. The van der Waals surface area contributed by atoms with E-state index in [9.17, 15) is 4.79 Å². The van der Waals surface area contributed by atoms with Gasteiger partial charge < -0.3 is 23.8 Å². The minimum absolute atomic E-state index is 0.0248. The van der Waals surface area contributed by atoms with E-state index < -0.39 is 0 Å². The molecule has 0 aliphatic carbocycles. The van der Waals surface area contributed by atoms with Crippen LogP contribution in [0.4, 0.5) is 0 Å². The molecule has 4 aliphatic heterocycles. The molecule has 32 heavy (non-hydrogen) atoms. The van der Waals surface area contributed by atoms with Gasteiger partial charge in [0.1, 0.15) is 0 Å². The molecular weight excluding hydrogens is 410 g/mol. The normalized spacial score (nSPS) is 28.3. The molecule has 5 rings (SSSR count). The lowest BCUT2D eigenvalue weighted by Crippen LogP contribution is -2.57. The van der Waals surface area contributed by atoms with Crippen LogP contribution in [0.3, 0.4) is 0 Å². The van der Waals surface area contributed by atoms with Crippen molar-refractivity contribution in [1.82, 2.24) is 24.8 Å². The van der Waals surface area contributed by atoms with Gasteiger partial charge in [-0.3, -0.25) is 14.6 Å². The van der Waals surface area contributed by atoms with Gasteiger partial charge in [0.05, 0.1) is 25.4 Å². The zero-order chi connectivity index (χ0) is 22.0. The largest absolute Gasteiger partial charge is 0.379 e. The summed E-state index contributed by atoms with van der Waals surface area (Å²) in [5.41, 5.74) is 0.345. The summed E-state index contributed by atoms with van der Waals surface area (Å²) < 4.78 is 17.2. The second-order valence-corrected chi connectivity index (χ2v) is 9.88. The molecule has 4 fully saturated rings. The summed E-state index contributed by atoms with van der Waals surface area (Å²) in [5.74, 6) is 0.720. The molecule has 0 saturated carbocycles. The van der Waals surface area contributed by atoms with Crippen LogP contribution in [0.2, 0.25) is 0 Å². The lowest BCUT2D eigenvalue weighted by molar-refractivity contribution is -0.132. The van der Waals surface area contributed by atoms with Crippen molar-refractivity contribution in [2.45, 2.75) is 43.9 Å². The summed E-state index contributed by atoms with van der Waals surface area (Å²) in [4.78, 5) is 22.3. The molecule has 0 radical (unpaired) electrons. The van der Waals surface area contributed by atoms with Crippen LogP contribution in [0.5, 0.6) is 0 Å². The molecular formula is C23H37N5O4. The highest BCUT2D eigenvalue weighted by Crippen LogP contribution is 2.37. The van der Waals surface area contributed by atoms with Gasteiger partial charge in [-0.15, -0.1) is 0 Å². The molecule has 4 aliphatic rings. The molecule has 9 nitrogen and oxygen atoms in total. The Labute approximate surface area is 190 Å². The van der Waals surface area contributed by atoms with E-state index in [-0.39, 0.29) is 11.5 Å². The number of ether oxygens (including phenoxy) is 2. The van der Waals surface area contributed by atoms with Gasteiger partial charge in [-0.2, -0.15) is 0 Å². The number of carbonyl (C=O) groups excluding carboxylic acids is 1. The van der Waals surface area contributed by atoms with E-state index >= 15 is 0 Å². The van der Waals surface area contributed by atoms with Crippen molar-refractivity contribution in [1.29, 1.82) is 0 Å². The van der Waals surface area contributed by atoms with Crippen molar-refractivity contribution in [3.05, 3.63) is 17.5 Å². The summed E-state index contributed by atoms with van der Waals surface area (Å²) in [5, 5.41) is 4.07. The topological polar surface area (TPSA) is 74.5 Å². The number of aromatic nitrogens is 1. The highest BCUT2D eigenvalue weighted by Gasteiger charge is 2.43. The Morgan fingerprint density at radius 3 is 2.56 bits per heavy atom. The summed E-state index contributed by atoms with van der Waals surface area (Å²) in [6.45, 7) is 10.8. The SMILES string of the molecule is CN1CCN(C2CCOC3(CCN(C(=O)c4cc(CN5CCOCC5)on4)CC3)C2)CC1. The quantitative estimate of drug-likeness (QED) is 0.674. The molecule has 4 saturated heterocycles. The van der Waals surface area contributed by atoms with Crippen molar-refractivity contribution >= 4 is 5.91 Å². The van der Waals surface area contributed by atoms with Gasteiger partial charge in [0.15, 0.2) is 11.5 Å². The first-order valence-electron chi connectivity index (χ1n) is 12.2. The van der Waals surface area contributed by atoms with Crippen LogP contribution < -0.4 is 0 Å². The number of hydrogen-bond donors (Lipinski definition) is 0. The maximum atomic E-state index is 13.0. The van der Waals surface area contributed by atoms with Crippen molar-refractivity contribution in [2.75, 3.05) is 79.2 Å². The van der Waals surface area contributed by atoms with Gasteiger partial charge in [-0.05, 0) is 32.7 Å². The number of likely N-dealkylation sites (tertiary alicyclic amines) is 1. The van der Waals surface area contributed by atoms with E-state index in [0.717, 1.165) is 104 Å². The highest BCUT2D eigenvalue weighted by molar-refractivity contribution is 5.92. The lowest BCUT2D eigenvalue weighted by atomic mass is 9.81. The molecule has 1 unspecified atom stereocenters. The van der Waals surface area contributed by atoms with Gasteiger partial charge in [0.25, 0.3) is 5.91 Å². The van der Waals surface area contributed by atoms with Crippen LogP contribution in [-0.2, 0) is 16.0 Å². The van der Waals surface area contributed by atoms with Crippen LogP contribution in [0.25, 0.3) is 0 Å². The third-order valence-electron chi connectivity index (χ3n) is 7.74. The third-order valence-corrected chi connectivity index (χ3v) is 7.74. The lowest BCUT2D eigenvalue weighted by Gasteiger charge is -2.49. The van der Waals surface area contributed by atoms with Gasteiger partial charge in [0.2, 0.25) is 0 Å². The fourth-order valence-electron chi connectivity index (χ4n) is 5.60. The summed E-state index contributed by atoms with van der Waals surface area (Å²) in [7, 11) is 2.20. The second-order valence-electron chi connectivity index (χ2n) is 9.88. The fourth-order valence-corrected chi connectivity index (χ4v) is 5.60. The Bertz CT molecular complexity index is 764. The Morgan fingerprint density at radius 2 is 1.81 bits per heavy atom. The standard InChI is InChI=1S/C23H37N5O4/c1-25-7-9-27(10-8-25)19-2-13-31-23(17-19)3-5-28(6-4-23)22(29)21-16-20(32-24-21)18-26-11-14-30-15-12-26/h16,19H,2-15,17-18H2,1H3. The van der Waals surface area contributed by atoms with Gasteiger partial charge in [-0.1, -0.05) is 5.16 Å². The Balaban J connectivity index is 1.13. The minimum atomic E-state index is -0.0750.